The van der Waals surface area contributed by atoms with Gasteiger partial charge in [0.1, 0.15) is 11.1 Å². The zero-order valence-corrected chi connectivity index (χ0v) is 15.6. The summed E-state index contributed by atoms with van der Waals surface area (Å²) >= 11 is 0. The number of likely N-dealkylation sites (N-methyl/N-ethyl adjacent to an activating group) is 1. The van der Waals surface area contributed by atoms with Gasteiger partial charge in [-0.25, -0.2) is 4.99 Å². The maximum absolute atomic E-state index is 6.10. The number of nitrogens with zero attached hydrogens (tertiary/aromatic N) is 3. The van der Waals surface area contributed by atoms with E-state index in [1.165, 1.54) is 0 Å². The monoisotopic (exact) mass is 345 g/mol. The van der Waals surface area contributed by atoms with Crippen molar-refractivity contribution in [2.75, 3.05) is 26.4 Å². The predicted octanol–water partition coefficient (Wildman–Crippen LogP) is 2.55. The number of allylic oxidation sites excluding steroid dienone is 3. The summed E-state index contributed by atoms with van der Waals surface area (Å²) in [6.07, 6.45) is 5.95. The molecule has 1 aliphatic rings. The number of fused-ring (bicyclic) bond motifs is 1. The lowest BCUT2D eigenvalue weighted by molar-refractivity contribution is 0.530. The molecule has 26 heavy (non-hydrogen) atoms. The number of aryl methyl sites for hydroxylation is 1. The molecule has 4 nitrogen and oxygen atoms in total. The van der Waals surface area contributed by atoms with E-state index in [-0.39, 0.29) is 0 Å². The Morgan fingerprint density at radius 2 is 1.96 bits per heavy atom. The summed E-state index contributed by atoms with van der Waals surface area (Å²) in [5.74, 6) is 0. The van der Waals surface area contributed by atoms with Crippen molar-refractivity contribution >= 4 is 11.4 Å². The van der Waals surface area contributed by atoms with E-state index in [2.05, 4.69) is 36.3 Å². The smallest absolute Gasteiger partial charge is 0.234 e. The van der Waals surface area contributed by atoms with Gasteiger partial charge in [-0.15, -0.1) is 0 Å². The van der Waals surface area contributed by atoms with Crippen LogP contribution in [0.2, 0.25) is 0 Å². The molecule has 3 rings (SSSR count). The van der Waals surface area contributed by atoms with Gasteiger partial charge in [-0.1, -0.05) is 24.8 Å². The number of anilines is 1. The number of rotatable bonds is 4. The first-order chi connectivity index (χ1) is 12.5. The van der Waals surface area contributed by atoms with E-state index in [1.807, 2.05) is 61.5 Å². The number of nitrogens with two attached hydrogens (primary N) is 1. The van der Waals surface area contributed by atoms with Gasteiger partial charge in [0.2, 0.25) is 11.0 Å². The fourth-order valence-corrected chi connectivity index (χ4v) is 3.08. The van der Waals surface area contributed by atoms with Crippen LogP contribution in [0.25, 0.3) is 0 Å². The summed E-state index contributed by atoms with van der Waals surface area (Å²) in [5, 5.41) is 2.02. The molecule has 0 unspecified atom stereocenters. The molecule has 0 radical (unpaired) electrons. The molecular formula is C22H25N4+. The van der Waals surface area contributed by atoms with E-state index in [1.54, 1.807) is 0 Å². The fraction of sp³-hybridized carbons (Fsp3) is 0.182. The van der Waals surface area contributed by atoms with Gasteiger partial charge in [0.25, 0.3) is 0 Å². The predicted molar refractivity (Wildman–Crippen MR) is 109 cm³/mol. The molecule has 0 saturated carbocycles. The van der Waals surface area contributed by atoms with Crippen LogP contribution < -0.4 is 21.0 Å². The largest absolute Gasteiger partial charge is 0.399 e. The number of hydrogen-bond acceptors (Lipinski definition) is 3. The van der Waals surface area contributed by atoms with Gasteiger partial charge >= 0.3 is 0 Å². The van der Waals surface area contributed by atoms with E-state index in [9.17, 15) is 0 Å². The van der Waals surface area contributed by atoms with Gasteiger partial charge in [-0.3, -0.25) is 0 Å². The first-order valence-corrected chi connectivity index (χ1v) is 8.64. The van der Waals surface area contributed by atoms with Gasteiger partial charge in [0.15, 0.2) is 6.54 Å². The summed E-state index contributed by atoms with van der Waals surface area (Å²) in [4.78, 5) is 6.92. The molecule has 0 aliphatic carbocycles. The van der Waals surface area contributed by atoms with Crippen molar-refractivity contribution in [2.24, 2.45) is 4.99 Å². The summed E-state index contributed by atoms with van der Waals surface area (Å²) in [6.45, 7) is 6.61. The van der Waals surface area contributed by atoms with E-state index in [0.29, 0.717) is 6.54 Å². The van der Waals surface area contributed by atoms with Crippen LogP contribution in [0.3, 0.4) is 0 Å². The lowest BCUT2D eigenvalue weighted by Crippen LogP contribution is -2.43. The molecular weight excluding hydrogens is 320 g/mol. The molecule has 2 aromatic rings. The van der Waals surface area contributed by atoms with Crippen LogP contribution in [-0.2, 0) is 0 Å². The van der Waals surface area contributed by atoms with Crippen molar-refractivity contribution in [3.05, 3.63) is 94.9 Å². The Morgan fingerprint density at radius 3 is 2.62 bits per heavy atom. The average molecular weight is 345 g/mol. The van der Waals surface area contributed by atoms with Crippen molar-refractivity contribution in [2.45, 2.75) is 6.92 Å². The number of para-hydroxylation sites is 1. The Hall–Kier alpha value is -3.14. The Balaban J connectivity index is 2.22. The Morgan fingerprint density at radius 1 is 1.23 bits per heavy atom. The molecule has 1 aliphatic heterocycles. The highest BCUT2D eigenvalue weighted by molar-refractivity contribution is 5.44. The van der Waals surface area contributed by atoms with Gasteiger partial charge in [0.05, 0.1) is 0 Å². The summed E-state index contributed by atoms with van der Waals surface area (Å²) in [7, 11) is 4.01. The second-order valence-corrected chi connectivity index (χ2v) is 6.59. The zero-order chi connectivity index (χ0) is 18.7. The third-order valence-electron chi connectivity index (χ3n) is 4.41. The molecule has 0 fully saturated rings. The molecule has 1 heterocycles. The Kier molecular flexibility index (Phi) is 5.03. The van der Waals surface area contributed by atoms with Crippen molar-refractivity contribution in [1.82, 2.24) is 9.48 Å². The summed E-state index contributed by atoms with van der Waals surface area (Å²) < 4.78 is 2.26. The maximum Gasteiger partial charge on any atom is 0.234 e. The van der Waals surface area contributed by atoms with Crippen molar-refractivity contribution in [3.63, 3.8) is 0 Å². The van der Waals surface area contributed by atoms with E-state index < -0.39 is 0 Å². The molecule has 0 saturated heterocycles. The van der Waals surface area contributed by atoms with Crippen molar-refractivity contribution in [1.29, 1.82) is 0 Å². The molecule has 2 aromatic carbocycles. The second-order valence-electron chi connectivity index (χ2n) is 6.59. The van der Waals surface area contributed by atoms with Gasteiger partial charge in [-0.2, -0.15) is 4.58 Å². The standard InChI is InChI=1S/C22H24N4/c1-5-19(25(3)4)12-11-18-15-26(20-9-7-6-8-10-20)21-14-17(23)13-16(2)22(21)24-18/h5-14,23H,1,15H2,2-4H3/p+1/b18-11+,19-12+. The van der Waals surface area contributed by atoms with Gasteiger partial charge in [0, 0.05) is 43.7 Å². The number of hydrogen-bond donors (Lipinski definition) is 1. The van der Waals surface area contributed by atoms with Crippen LogP contribution in [0.5, 0.6) is 0 Å². The number of nitrogen functional groups attached to an aromatic ring is 1. The highest BCUT2D eigenvalue weighted by Gasteiger charge is 2.19. The highest BCUT2D eigenvalue weighted by Crippen LogP contribution is 2.13. The van der Waals surface area contributed by atoms with Crippen LogP contribution in [0.4, 0.5) is 11.4 Å². The maximum atomic E-state index is 6.10. The van der Waals surface area contributed by atoms with E-state index in [4.69, 9.17) is 10.7 Å². The molecule has 132 valence electrons. The summed E-state index contributed by atoms with van der Waals surface area (Å²) in [5.41, 5.74) is 11.1. The van der Waals surface area contributed by atoms with Crippen LogP contribution >= 0.6 is 0 Å². The van der Waals surface area contributed by atoms with Crippen LogP contribution in [0.15, 0.2) is 83.7 Å². The van der Waals surface area contributed by atoms with Crippen LogP contribution in [-0.4, -0.2) is 25.5 Å². The lowest BCUT2D eigenvalue weighted by Gasteiger charge is -2.13. The van der Waals surface area contributed by atoms with Gasteiger partial charge < -0.3 is 10.6 Å². The summed E-state index contributed by atoms with van der Waals surface area (Å²) in [6, 6.07) is 14.3. The molecule has 0 amide bonds. The number of benzene rings is 2. The average Bonchev–Trinajstić information content (AvgIpc) is 2.62. The minimum Gasteiger partial charge on any atom is -0.399 e. The van der Waals surface area contributed by atoms with Crippen LogP contribution in [0.1, 0.15) is 5.56 Å². The zero-order valence-electron chi connectivity index (χ0n) is 15.6. The third-order valence-corrected chi connectivity index (χ3v) is 4.41. The SMILES string of the molecule is C=C/C(=C\C=C1/C[N+](c2ccccc2)=c2cc(N)cc(C)c2=N1)N(C)C. The molecule has 0 atom stereocenters. The highest BCUT2D eigenvalue weighted by atomic mass is 15.1. The Labute approximate surface area is 154 Å². The van der Waals surface area contributed by atoms with Gasteiger partial charge in [-0.05, 0) is 36.8 Å². The molecule has 2 N–H and O–H groups in total. The first-order valence-electron chi connectivity index (χ1n) is 8.64. The normalized spacial score (nSPS) is 15.4. The fourth-order valence-electron chi connectivity index (χ4n) is 3.08. The minimum absolute atomic E-state index is 0.689. The minimum atomic E-state index is 0.689. The molecule has 0 spiro atoms. The Bertz CT molecular complexity index is 1010. The second kappa shape index (κ2) is 7.40. The molecule has 0 bridgehead atoms. The third kappa shape index (κ3) is 3.59. The quantitative estimate of drug-likeness (QED) is 0.526. The van der Waals surface area contributed by atoms with Crippen molar-refractivity contribution < 1.29 is 0 Å². The molecule has 4 heteroatoms. The topological polar surface area (TPSA) is 44.6 Å². The van der Waals surface area contributed by atoms with E-state index >= 15 is 0 Å². The van der Waals surface area contributed by atoms with E-state index in [0.717, 1.165) is 39.0 Å². The van der Waals surface area contributed by atoms with Crippen LogP contribution in [0, 0.1) is 6.92 Å². The van der Waals surface area contributed by atoms with Crippen molar-refractivity contribution in [3.8, 4) is 0 Å². The lowest BCUT2D eigenvalue weighted by atomic mass is 10.1. The molecule has 0 aromatic heterocycles. The first kappa shape index (κ1) is 17.7.